The van der Waals surface area contributed by atoms with Crippen LogP contribution in [0, 0.1) is 5.92 Å². The van der Waals surface area contributed by atoms with Gasteiger partial charge in [-0.25, -0.2) is 8.42 Å². The van der Waals surface area contributed by atoms with Gasteiger partial charge in [-0.1, -0.05) is 24.4 Å². The normalized spacial score (nSPS) is 25.2. The van der Waals surface area contributed by atoms with Crippen molar-refractivity contribution in [3.05, 3.63) is 21.3 Å². The highest BCUT2D eigenvalue weighted by Crippen LogP contribution is 2.35. The van der Waals surface area contributed by atoms with Gasteiger partial charge in [-0.05, 0) is 43.7 Å². The lowest BCUT2D eigenvalue weighted by Crippen LogP contribution is -2.51. The molecule has 1 amide bonds. The van der Waals surface area contributed by atoms with Gasteiger partial charge in [0.1, 0.15) is 5.75 Å². The Morgan fingerprint density at radius 3 is 2.70 bits per heavy atom. The van der Waals surface area contributed by atoms with Crippen molar-refractivity contribution in [3.63, 3.8) is 0 Å². The van der Waals surface area contributed by atoms with Crippen molar-refractivity contribution in [1.82, 2.24) is 4.90 Å². The summed E-state index contributed by atoms with van der Waals surface area (Å²) in [6.45, 7) is 0.709. The Morgan fingerprint density at radius 1 is 1.22 bits per heavy atom. The second-order valence-electron chi connectivity index (χ2n) is 6.58. The minimum atomic E-state index is -3.45. The number of fused-ring (bicyclic) bond motifs is 1. The number of halogens is 1. The molecule has 0 spiro atoms. The van der Waals surface area contributed by atoms with E-state index in [-0.39, 0.29) is 23.5 Å². The number of piperidine rings is 1. The highest BCUT2D eigenvalue weighted by atomic mass is 35.5. The van der Waals surface area contributed by atoms with Crippen molar-refractivity contribution >= 4 is 38.7 Å². The van der Waals surface area contributed by atoms with Crippen molar-refractivity contribution in [2.45, 2.75) is 50.3 Å². The van der Waals surface area contributed by atoms with Gasteiger partial charge in [0.05, 0.1) is 10.1 Å². The van der Waals surface area contributed by atoms with Crippen LogP contribution in [0.1, 0.15) is 43.4 Å². The van der Waals surface area contributed by atoms with Gasteiger partial charge in [0.2, 0.25) is 5.91 Å². The lowest BCUT2D eigenvalue weighted by atomic mass is 9.78. The SMILES string of the molecule is O=C(CS(=O)(=O)Cc1ccc(Cl)s1)N1CCC[C@H]2CCCC[C@H]21. The second-order valence-corrected chi connectivity index (χ2v) is 10.4. The van der Waals surface area contributed by atoms with Crippen molar-refractivity contribution in [2.24, 2.45) is 5.92 Å². The molecule has 7 heteroatoms. The zero-order valence-corrected chi connectivity index (χ0v) is 15.4. The number of sulfone groups is 1. The summed E-state index contributed by atoms with van der Waals surface area (Å²) in [5.74, 6) is -0.131. The predicted octanol–water partition coefficient (Wildman–Crippen LogP) is 3.50. The van der Waals surface area contributed by atoms with E-state index in [9.17, 15) is 13.2 Å². The molecular formula is C16H22ClNO3S2. The number of amides is 1. The van der Waals surface area contributed by atoms with E-state index in [4.69, 9.17) is 11.6 Å². The number of nitrogens with zero attached hydrogens (tertiary/aromatic N) is 1. The monoisotopic (exact) mass is 375 g/mol. The molecule has 1 saturated carbocycles. The van der Waals surface area contributed by atoms with Crippen molar-refractivity contribution in [1.29, 1.82) is 0 Å². The summed E-state index contributed by atoms with van der Waals surface area (Å²) in [6.07, 6.45) is 6.75. The quantitative estimate of drug-likeness (QED) is 0.809. The van der Waals surface area contributed by atoms with Crippen LogP contribution in [-0.2, 0) is 20.4 Å². The van der Waals surface area contributed by atoms with Gasteiger partial charge in [-0.2, -0.15) is 0 Å². The van der Waals surface area contributed by atoms with Crippen LogP contribution in [-0.4, -0.2) is 37.6 Å². The molecule has 1 saturated heterocycles. The minimum absolute atomic E-state index is 0.0991. The van der Waals surface area contributed by atoms with Crippen molar-refractivity contribution < 1.29 is 13.2 Å². The molecule has 3 rings (SSSR count). The topological polar surface area (TPSA) is 54.5 Å². The van der Waals surface area contributed by atoms with Crippen LogP contribution in [0.4, 0.5) is 0 Å². The Balaban J connectivity index is 1.65. The molecule has 0 unspecified atom stereocenters. The number of thiophene rings is 1. The summed E-state index contributed by atoms with van der Waals surface area (Å²) in [5.41, 5.74) is 0. The van der Waals surface area contributed by atoms with E-state index < -0.39 is 9.84 Å². The Bertz CT molecular complexity index is 669. The van der Waals surface area contributed by atoms with Gasteiger partial charge in [0, 0.05) is 17.5 Å². The van der Waals surface area contributed by atoms with Crippen LogP contribution in [0.15, 0.2) is 12.1 Å². The fraction of sp³-hybridized carbons (Fsp3) is 0.688. The molecule has 1 aliphatic carbocycles. The molecular weight excluding hydrogens is 354 g/mol. The standard InChI is InChI=1S/C16H22ClNO3S2/c17-15-8-7-13(22-15)10-23(20,21)11-16(19)18-9-3-5-12-4-1-2-6-14(12)18/h7-8,12,14H,1-6,9-11H2/t12-,14-/m1/s1. The number of carbonyl (C=O) groups is 1. The molecule has 0 N–H and O–H groups in total. The predicted molar refractivity (Wildman–Crippen MR) is 93.5 cm³/mol. The molecule has 2 aliphatic rings. The number of hydrogen-bond acceptors (Lipinski definition) is 4. The maximum atomic E-state index is 12.6. The highest BCUT2D eigenvalue weighted by Gasteiger charge is 2.36. The van der Waals surface area contributed by atoms with Crippen LogP contribution in [0.2, 0.25) is 4.34 Å². The van der Waals surface area contributed by atoms with Crippen molar-refractivity contribution in [2.75, 3.05) is 12.3 Å². The lowest BCUT2D eigenvalue weighted by molar-refractivity contribution is -0.134. The van der Waals surface area contributed by atoms with Gasteiger partial charge < -0.3 is 4.90 Å². The van der Waals surface area contributed by atoms with Gasteiger partial charge in [0.25, 0.3) is 0 Å². The summed E-state index contributed by atoms with van der Waals surface area (Å²) in [7, 11) is -3.45. The molecule has 1 aromatic heterocycles. The molecule has 1 aromatic rings. The van der Waals surface area contributed by atoms with Crippen LogP contribution in [0.25, 0.3) is 0 Å². The minimum Gasteiger partial charge on any atom is -0.339 e. The highest BCUT2D eigenvalue weighted by molar-refractivity contribution is 7.91. The van der Waals surface area contributed by atoms with Crippen molar-refractivity contribution in [3.8, 4) is 0 Å². The molecule has 0 bridgehead atoms. The summed E-state index contributed by atoms with van der Waals surface area (Å²) < 4.78 is 25.2. The third-order valence-electron chi connectivity index (χ3n) is 4.90. The van der Waals surface area contributed by atoms with Crippen LogP contribution < -0.4 is 0 Å². The largest absolute Gasteiger partial charge is 0.339 e. The van der Waals surface area contributed by atoms with Crippen LogP contribution in [0.3, 0.4) is 0 Å². The third kappa shape index (κ3) is 4.28. The molecule has 2 fully saturated rings. The van der Waals surface area contributed by atoms with Crippen LogP contribution >= 0.6 is 22.9 Å². The van der Waals surface area contributed by atoms with E-state index >= 15 is 0 Å². The number of hydrogen-bond donors (Lipinski definition) is 0. The van der Waals surface area contributed by atoms with Gasteiger partial charge in [-0.15, -0.1) is 11.3 Å². The fourth-order valence-electron chi connectivity index (χ4n) is 3.90. The maximum Gasteiger partial charge on any atom is 0.238 e. The summed E-state index contributed by atoms with van der Waals surface area (Å²) >= 11 is 7.10. The summed E-state index contributed by atoms with van der Waals surface area (Å²) in [5, 5.41) is 0. The number of likely N-dealkylation sites (tertiary alicyclic amines) is 1. The fourth-order valence-corrected chi connectivity index (χ4v) is 6.73. The van der Waals surface area contributed by atoms with Crippen LogP contribution in [0.5, 0.6) is 0 Å². The van der Waals surface area contributed by atoms with E-state index in [1.807, 2.05) is 4.90 Å². The first-order chi connectivity index (χ1) is 10.9. The molecule has 0 radical (unpaired) electrons. The van der Waals surface area contributed by atoms with Gasteiger partial charge in [-0.3, -0.25) is 4.79 Å². The Morgan fingerprint density at radius 2 is 1.96 bits per heavy atom. The summed E-state index contributed by atoms with van der Waals surface area (Å²) in [4.78, 5) is 15.1. The molecule has 2 atom stereocenters. The van der Waals surface area contributed by atoms with E-state index in [1.54, 1.807) is 12.1 Å². The average molecular weight is 376 g/mol. The Labute approximate surface area is 146 Å². The van der Waals surface area contributed by atoms with Gasteiger partial charge in [0.15, 0.2) is 9.84 Å². The first-order valence-corrected chi connectivity index (χ1v) is 11.2. The molecule has 2 heterocycles. The Hall–Kier alpha value is -0.590. The zero-order valence-electron chi connectivity index (χ0n) is 13.0. The average Bonchev–Trinajstić information content (AvgIpc) is 2.90. The Kier molecular flexibility index (Phi) is 5.33. The second kappa shape index (κ2) is 7.11. The van der Waals surface area contributed by atoms with E-state index in [0.29, 0.717) is 21.7 Å². The zero-order chi connectivity index (χ0) is 16.4. The summed E-state index contributed by atoms with van der Waals surface area (Å²) in [6, 6.07) is 3.67. The van der Waals surface area contributed by atoms with E-state index in [1.165, 1.54) is 30.6 Å². The third-order valence-corrected chi connectivity index (χ3v) is 7.75. The van der Waals surface area contributed by atoms with E-state index in [2.05, 4.69) is 0 Å². The first kappa shape index (κ1) is 17.2. The molecule has 23 heavy (non-hydrogen) atoms. The molecule has 128 valence electrons. The number of rotatable bonds is 4. The first-order valence-electron chi connectivity index (χ1n) is 8.19. The lowest BCUT2D eigenvalue weighted by Gasteiger charge is -2.44. The smallest absolute Gasteiger partial charge is 0.238 e. The molecule has 0 aromatic carbocycles. The van der Waals surface area contributed by atoms with Gasteiger partial charge >= 0.3 is 0 Å². The number of carbonyl (C=O) groups excluding carboxylic acids is 1. The molecule has 1 aliphatic heterocycles. The molecule has 4 nitrogen and oxygen atoms in total. The maximum absolute atomic E-state index is 12.6. The van der Waals surface area contributed by atoms with E-state index in [0.717, 1.165) is 19.3 Å².